The highest BCUT2D eigenvalue weighted by Crippen LogP contribution is 2.38. The van der Waals surface area contributed by atoms with Gasteiger partial charge in [-0.15, -0.1) is 0 Å². The van der Waals surface area contributed by atoms with Crippen LogP contribution >= 0.6 is 11.6 Å². The quantitative estimate of drug-likeness (QED) is 0.482. The molecule has 2 aromatic carbocycles. The van der Waals surface area contributed by atoms with Crippen LogP contribution in [0.2, 0.25) is 5.02 Å². The number of fused-ring (bicyclic) bond motifs is 2. The van der Waals surface area contributed by atoms with E-state index in [-0.39, 0.29) is 5.91 Å². The molecule has 0 bridgehead atoms. The first-order valence-electron chi connectivity index (χ1n) is 10.2. The number of aromatic amines is 1. The van der Waals surface area contributed by atoms with Crippen LogP contribution < -0.4 is 4.90 Å². The third-order valence-corrected chi connectivity index (χ3v) is 6.22. The predicted molar refractivity (Wildman–Crippen MR) is 126 cm³/mol. The molecule has 1 amide bonds. The van der Waals surface area contributed by atoms with E-state index in [0.717, 1.165) is 57.3 Å². The number of piperazine rings is 1. The summed E-state index contributed by atoms with van der Waals surface area (Å²) in [4.78, 5) is 20.6. The third-order valence-electron chi connectivity index (χ3n) is 5.91. The van der Waals surface area contributed by atoms with E-state index < -0.39 is 0 Å². The zero-order valence-corrected chi connectivity index (χ0v) is 18.0. The van der Waals surface area contributed by atoms with Gasteiger partial charge in [-0.3, -0.25) is 14.9 Å². The number of nitrogens with zero attached hydrogens (tertiary/aromatic N) is 4. The lowest BCUT2D eigenvalue weighted by molar-refractivity contribution is -0.126. The topological polar surface area (TPSA) is 65.1 Å². The second kappa shape index (κ2) is 7.71. The molecule has 7 heteroatoms. The van der Waals surface area contributed by atoms with Gasteiger partial charge in [0.05, 0.1) is 17.2 Å². The van der Waals surface area contributed by atoms with Crippen molar-refractivity contribution < 1.29 is 4.79 Å². The molecule has 0 atom stereocenters. The van der Waals surface area contributed by atoms with Crippen molar-refractivity contribution in [2.45, 2.75) is 6.92 Å². The van der Waals surface area contributed by atoms with Crippen molar-refractivity contribution >= 4 is 45.0 Å². The predicted octanol–water partition coefficient (Wildman–Crippen LogP) is 4.57. The Morgan fingerprint density at radius 1 is 1.13 bits per heavy atom. The molecule has 0 saturated carbocycles. The summed E-state index contributed by atoms with van der Waals surface area (Å²) in [5.41, 5.74) is 6.08. The first-order valence-corrected chi connectivity index (χ1v) is 10.6. The summed E-state index contributed by atoms with van der Waals surface area (Å²) >= 11 is 6.81. The molecule has 6 nitrogen and oxygen atoms in total. The van der Waals surface area contributed by atoms with Crippen LogP contribution in [0.3, 0.4) is 0 Å². The number of anilines is 1. The molecule has 5 rings (SSSR count). The van der Waals surface area contributed by atoms with Crippen molar-refractivity contribution in [2.24, 2.45) is 0 Å². The van der Waals surface area contributed by atoms with Gasteiger partial charge in [0.2, 0.25) is 5.91 Å². The molecule has 0 radical (unpaired) electrons. The van der Waals surface area contributed by atoms with Gasteiger partial charge < -0.3 is 9.80 Å². The number of rotatable bonds is 3. The highest BCUT2D eigenvalue weighted by molar-refractivity contribution is 6.34. The number of halogens is 1. The maximum absolute atomic E-state index is 11.9. The Hall–Kier alpha value is -3.38. The van der Waals surface area contributed by atoms with E-state index in [4.69, 9.17) is 11.6 Å². The maximum Gasteiger partial charge on any atom is 0.246 e. The molecule has 4 aromatic rings. The van der Waals surface area contributed by atoms with Crippen molar-refractivity contribution in [3.05, 3.63) is 66.0 Å². The van der Waals surface area contributed by atoms with Gasteiger partial charge in [-0.1, -0.05) is 24.2 Å². The summed E-state index contributed by atoms with van der Waals surface area (Å²) in [6, 6.07) is 10.3. The van der Waals surface area contributed by atoms with Gasteiger partial charge in [-0.2, -0.15) is 5.10 Å². The molecule has 0 aliphatic carbocycles. The second-order valence-electron chi connectivity index (χ2n) is 7.84. The van der Waals surface area contributed by atoms with Crippen LogP contribution in [0.4, 0.5) is 5.69 Å². The zero-order valence-electron chi connectivity index (χ0n) is 17.2. The number of nitrogens with one attached hydrogen (secondary N) is 1. The van der Waals surface area contributed by atoms with Crippen LogP contribution in [0.1, 0.15) is 5.56 Å². The lowest BCUT2D eigenvalue weighted by Gasteiger charge is -2.36. The van der Waals surface area contributed by atoms with Crippen LogP contribution in [0.25, 0.3) is 32.9 Å². The molecular formula is C24H22ClN5O. The van der Waals surface area contributed by atoms with Crippen LogP contribution in [0, 0.1) is 6.92 Å². The van der Waals surface area contributed by atoms with Gasteiger partial charge >= 0.3 is 0 Å². The molecule has 1 fully saturated rings. The van der Waals surface area contributed by atoms with Crippen molar-refractivity contribution in [1.82, 2.24) is 20.1 Å². The molecular weight excluding hydrogens is 410 g/mol. The summed E-state index contributed by atoms with van der Waals surface area (Å²) in [6.45, 7) is 8.49. The highest BCUT2D eigenvalue weighted by atomic mass is 35.5. The van der Waals surface area contributed by atoms with Crippen LogP contribution in [0.5, 0.6) is 0 Å². The minimum atomic E-state index is -0.0179. The monoisotopic (exact) mass is 431 g/mol. The molecule has 156 valence electrons. The summed E-state index contributed by atoms with van der Waals surface area (Å²) < 4.78 is 0. The smallest absolute Gasteiger partial charge is 0.246 e. The lowest BCUT2D eigenvalue weighted by atomic mass is 9.98. The molecule has 1 aliphatic heterocycles. The van der Waals surface area contributed by atoms with Gasteiger partial charge in [0.1, 0.15) is 0 Å². The molecule has 0 spiro atoms. The third kappa shape index (κ3) is 3.43. The number of hydrogen-bond acceptors (Lipinski definition) is 4. The van der Waals surface area contributed by atoms with Gasteiger partial charge in [0.15, 0.2) is 0 Å². The summed E-state index contributed by atoms with van der Waals surface area (Å²) in [5, 5.41) is 9.96. The van der Waals surface area contributed by atoms with Gasteiger partial charge in [0, 0.05) is 59.4 Å². The van der Waals surface area contributed by atoms with E-state index in [1.165, 1.54) is 6.08 Å². The Kier molecular flexibility index (Phi) is 4.87. The highest BCUT2D eigenvalue weighted by Gasteiger charge is 2.22. The summed E-state index contributed by atoms with van der Waals surface area (Å²) in [5.74, 6) is -0.0179. The Morgan fingerprint density at radius 2 is 1.94 bits per heavy atom. The van der Waals surface area contributed by atoms with Crippen molar-refractivity contribution in [3.8, 4) is 11.1 Å². The Balaban J connectivity index is 1.56. The number of aryl methyl sites for hydroxylation is 1. The fraction of sp³-hybridized carbons (Fsp3) is 0.208. The number of hydrogen-bond donors (Lipinski definition) is 1. The van der Waals surface area contributed by atoms with E-state index in [1.807, 2.05) is 29.4 Å². The Morgan fingerprint density at radius 3 is 2.71 bits per heavy atom. The average molecular weight is 432 g/mol. The van der Waals surface area contributed by atoms with Crippen molar-refractivity contribution in [3.63, 3.8) is 0 Å². The normalized spacial score (nSPS) is 14.4. The largest absolute Gasteiger partial charge is 0.367 e. The van der Waals surface area contributed by atoms with Crippen molar-refractivity contribution in [2.75, 3.05) is 31.1 Å². The number of amides is 1. The zero-order chi connectivity index (χ0) is 21.5. The summed E-state index contributed by atoms with van der Waals surface area (Å²) in [7, 11) is 0. The van der Waals surface area contributed by atoms with Gasteiger partial charge in [0.25, 0.3) is 0 Å². The number of pyridine rings is 1. The molecule has 3 heterocycles. The van der Waals surface area contributed by atoms with Gasteiger partial charge in [-0.25, -0.2) is 0 Å². The molecule has 31 heavy (non-hydrogen) atoms. The van der Waals surface area contributed by atoms with E-state index >= 15 is 0 Å². The van der Waals surface area contributed by atoms with Gasteiger partial charge in [-0.05, 0) is 48.4 Å². The van der Waals surface area contributed by atoms with E-state index in [9.17, 15) is 4.79 Å². The number of benzene rings is 2. The van der Waals surface area contributed by atoms with E-state index in [2.05, 4.69) is 51.8 Å². The standard InChI is InChI=1S/C24H22ClN5O/c1-3-24(31)30-8-6-29(7-9-30)23-4-5-26-21-13-17(20(25)12-18(21)23)16-10-15(2)11-22-19(16)14-27-28-22/h3-5,10-14H,1,6-9H2,2H3,(H,27,28). The lowest BCUT2D eigenvalue weighted by Crippen LogP contribution is -2.48. The van der Waals surface area contributed by atoms with E-state index in [0.29, 0.717) is 18.1 Å². The van der Waals surface area contributed by atoms with Crippen LogP contribution in [-0.2, 0) is 4.79 Å². The van der Waals surface area contributed by atoms with Crippen molar-refractivity contribution in [1.29, 1.82) is 0 Å². The first kappa shape index (κ1) is 19.6. The fourth-order valence-electron chi connectivity index (χ4n) is 4.35. The first-order chi connectivity index (χ1) is 15.0. The molecule has 2 aromatic heterocycles. The molecule has 1 saturated heterocycles. The minimum Gasteiger partial charge on any atom is -0.367 e. The van der Waals surface area contributed by atoms with Crippen LogP contribution in [-0.4, -0.2) is 52.2 Å². The fourth-order valence-corrected chi connectivity index (χ4v) is 4.61. The number of carbonyl (C=O) groups excluding carboxylic acids is 1. The second-order valence-corrected chi connectivity index (χ2v) is 8.25. The maximum atomic E-state index is 11.9. The Bertz CT molecular complexity index is 1320. The number of aromatic nitrogens is 3. The SMILES string of the molecule is C=CC(=O)N1CCN(c2ccnc3cc(-c4cc(C)cc5[nH]ncc45)c(Cl)cc23)CC1. The van der Waals surface area contributed by atoms with E-state index in [1.54, 1.807) is 0 Å². The Labute approximate surface area is 185 Å². The molecule has 1 aliphatic rings. The minimum absolute atomic E-state index is 0.0179. The number of H-pyrrole nitrogens is 1. The summed E-state index contributed by atoms with van der Waals surface area (Å²) in [6.07, 6.45) is 5.04. The molecule has 0 unspecified atom stereocenters. The van der Waals surface area contributed by atoms with Crippen LogP contribution in [0.15, 0.2) is 55.4 Å². The average Bonchev–Trinajstić information content (AvgIpc) is 3.26. The number of carbonyl (C=O) groups is 1. The molecule has 1 N–H and O–H groups in total.